The number of aliphatic carboxylic acids is 1. The topological polar surface area (TPSA) is 95.5 Å². The van der Waals surface area contributed by atoms with E-state index in [9.17, 15) is 19.5 Å². The Bertz CT molecular complexity index is 703. The van der Waals surface area contributed by atoms with Crippen LogP contribution in [0.1, 0.15) is 16.8 Å². The Hall–Kier alpha value is -2.34. The van der Waals surface area contributed by atoms with E-state index in [0.29, 0.717) is 6.42 Å². The van der Waals surface area contributed by atoms with Crippen LogP contribution in [0, 0.1) is 23.7 Å². The summed E-state index contributed by atoms with van der Waals surface area (Å²) < 4.78 is 0. The van der Waals surface area contributed by atoms with Gasteiger partial charge in [-0.2, -0.15) is 0 Å². The first-order chi connectivity index (χ1) is 11.0. The number of allylic oxidation sites excluding steroid dienone is 2. The Kier molecular flexibility index (Phi) is 4.09. The van der Waals surface area contributed by atoms with Crippen LogP contribution in [-0.2, 0) is 9.59 Å². The van der Waals surface area contributed by atoms with Crippen molar-refractivity contribution in [2.75, 3.05) is 0 Å². The lowest BCUT2D eigenvalue weighted by Crippen LogP contribution is -2.48. The number of nitrogens with one attached hydrogen (secondary N) is 2. The number of carbonyl (C=O) groups is 3. The van der Waals surface area contributed by atoms with Gasteiger partial charge in [-0.3, -0.25) is 25.2 Å². The van der Waals surface area contributed by atoms with E-state index in [4.69, 9.17) is 11.6 Å². The predicted molar refractivity (Wildman–Crippen MR) is 82.4 cm³/mol. The predicted octanol–water partition coefficient (Wildman–Crippen LogP) is 1.62. The molecule has 2 amide bonds. The minimum Gasteiger partial charge on any atom is -0.481 e. The molecular weight excluding hydrogens is 320 g/mol. The Morgan fingerprint density at radius 2 is 1.70 bits per heavy atom. The number of rotatable bonds is 3. The highest BCUT2D eigenvalue weighted by Gasteiger charge is 2.51. The number of carboxylic acid groups (broad SMARTS) is 1. The zero-order valence-electron chi connectivity index (χ0n) is 12.0. The van der Waals surface area contributed by atoms with Gasteiger partial charge in [0, 0.05) is 0 Å². The van der Waals surface area contributed by atoms with Crippen LogP contribution in [0.15, 0.2) is 36.4 Å². The van der Waals surface area contributed by atoms with Crippen LogP contribution in [0.2, 0.25) is 5.02 Å². The molecule has 0 unspecified atom stereocenters. The molecule has 2 bridgehead atoms. The minimum atomic E-state index is -0.987. The fraction of sp³-hybridized carbons (Fsp3) is 0.312. The summed E-state index contributed by atoms with van der Waals surface area (Å²) in [7, 11) is 0. The van der Waals surface area contributed by atoms with Crippen molar-refractivity contribution in [3.63, 3.8) is 0 Å². The van der Waals surface area contributed by atoms with Crippen LogP contribution < -0.4 is 10.9 Å². The van der Waals surface area contributed by atoms with Crippen molar-refractivity contribution < 1.29 is 19.5 Å². The second-order valence-corrected chi connectivity index (χ2v) is 6.17. The maximum absolute atomic E-state index is 12.3. The number of hydrogen-bond acceptors (Lipinski definition) is 3. The zero-order chi connectivity index (χ0) is 16.6. The lowest BCUT2D eigenvalue weighted by atomic mass is 9.82. The first kappa shape index (κ1) is 15.6. The van der Waals surface area contributed by atoms with Crippen molar-refractivity contribution in [1.29, 1.82) is 0 Å². The quantitative estimate of drug-likeness (QED) is 0.578. The monoisotopic (exact) mass is 334 g/mol. The van der Waals surface area contributed by atoms with Gasteiger partial charge in [0.2, 0.25) is 5.91 Å². The van der Waals surface area contributed by atoms with Crippen LogP contribution in [0.5, 0.6) is 0 Å². The SMILES string of the molecule is O=C(NNC(=O)[C@H]1[C@@H](C(=O)O)[C@H]2C=C[C@H]1C2)c1ccccc1Cl. The lowest BCUT2D eigenvalue weighted by molar-refractivity contribution is -0.148. The average molecular weight is 335 g/mol. The first-order valence-corrected chi connectivity index (χ1v) is 7.62. The third-order valence-electron chi connectivity index (χ3n) is 4.46. The first-order valence-electron chi connectivity index (χ1n) is 7.25. The highest BCUT2D eigenvalue weighted by atomic mass is 35.5. The number of hydrazine groups is 1. The Morgan fingerprint density at radius 1 is 1.04 bits per heavy atom. The molecule has 0 spiro atoms. The normalized spacial score (nSPS) is 27.7. The van der Waals surface area contributed by atoms with Gasteiger partial charge in [-0.25, -0.2) is 0 Å². The van der Waals surface area contributed by atoms with Gasteiger partial charge in [0.05, 0.1) is 22.4 Å². The molecule has 0 saturated heterocycles. The van der Waals surface area contributed by atoms with Gasteiger partial charge < -0.3 is 5.11 Å². The molecule has 3 rings (SSSR count). The summed E-state index contributed by atoms with van der Waals surface area (Å²) in [5.74, 6) is -3.66. The van der Waals surface area contributed by atoms with Crippen LogP contribution in [0.25, 0.3) is 0 Å². The van der Waals surface area contributed by atoms with Gasteiger partial charge >= 0.3 is 5.97 Å². The van der Waals surface area contributed by atoms with Crippen LogP contribution in [0.4, 0.5) is 0 Å². The number of amides is 2. The summed E-state index contributed by atoms with van der Waals surface area (Å²) in [6.45, 7) is 0. The molecule has 2 aliphatic rings. The molecule has 0 aromatic heterocycles. The summed E-state index contributed by atoms with van der Waals surface area (Å²) in [4.78, 5) is 35.7. The Labute approximate surface area is 137 Å². The summed E-state index contributed by atoms with van der Waals surface area (Å²) in [6, 6.07) is 6.45. The number of benzene rings is 1. The highest BCUT2D eigenvalue weighted by Crippen LogP contribution is 2.48. The molecule has 1 fully saturated rings. The fourth-order valence-electron chi connectivity index (χ4n) is 3.43. The Balaban J connectivity index is 1.66. The van der Waals surface area contributed by atoms with E-state index in [1.54, 1.807) is 18.2 Å². The molecule has 0 aliphatic heterocycles. The van der Waals surface area contributed by atoms with E-state index >= 15 is 0 Å². The van der Waals surface area contributed by atoms with E-state index in [-0.39, 0.29) is 22.4 Å². The number of fused-ring (bicyclic) bond motifs is 2. The van der Waals surface area contributed by atoms with E-state index < -0.39 is 29.6 Å². The summed E-state index contributed by atoms with van der Waals surface area (Å²) in [5, 5.41) is 9.60. The largest absolute Gasteiger partial charge is 0.481 e. The molecule has 6 nitrogen and oxygen atoms in total. The molecule has 23 heavy (non-hydrogen) atoms. The van der Waals surface area contributed by atoms with E-state index in [0.717, 1.165) is 0 Å². The van der Waals surface area contributed by atoms with Gasteiger partial charge in [0.25, 0.3) is 5.91 Å². The minimum absolute atomic E-state index is 0.0988. The maximum Gasteiger partial charge on any atom is 0.307 e. The molecule has 0 heterocycles. The molecule has 4 atom stereocenters. The van der Waals surface area contributed by atoms with Crippen LogP contribution >= 0.6 is 11.6 Å². The second kappa shape index (κ2) is 6.04. The number of hydrogen-bond donors (Lipinski definition) is 3. The fourth-order valence-corrected chi connectivity index (χ4v) is 3.65. The summed E-state index contributed by atoms with van der Waals surface area (Å²) in [6.07, 6.45) is 4.40. The van der Waals surface area contributed by atoms with Crippen LogP contribution in [-0.4, -0.2) is 22.9 Å². The maximum atomic E-state index is 12.3. The number of carbonyl (C=O) groups excluding carboxylic acids is 2. The van der Waals surface area contributed by atoms with Crippen molar-refractivity contribution in [3.05, 3.63) is 47.0 Å². The van der Waals surface area contributed by atoms with Gasteiger partial charge in [0.15, 0.2) is 0 Å². The highest BCUT2D eigenvalue weighted by molar-refractivity contribution is 6.33. The summed E-state index contributed by atoms with van der Waals surface area (Å²) in [5.41, 5.74) is 4.85. The molecule has 1 aromatic carbocycles. The van der Waals surface area contributed by atoms with E-state index in [1.165, 1.54) is 6.07 Å². The smallest absolute Gasteiger partial charge is 0.307 e. The van der Waals surface area contributed by atoms with Crippen molar-refractivity contribution >= 4 is 29.4 Å². The molecule has 3 N–H and O–H groups in total. The molecule has 0 radical (unpaired) electrons. The van der Waals surface area contributed by atoms with Crippen molar-refractivity contribution in [2.24, 2.45) is 23.7 Å². The number of carboxylic acids is 1. The molecule has 120 valence electrons. The molecule has 2 aliphatic carbocycles. The van der Waals surface area contributed by atoms with Crippen molar-refractivity contribution in [2.45, 2.75) is 6.42 Å². The van der Waals surface area contributed by atoms with Crippen LogP contribution in [0.3, 0.4) is 0 Å². The van der Waals surface area contributed by atoms with Crippen molar-refractivity contribution in [3.8, 4) is 0 Å². The Morgan fingerprint density at radius 3 is 2.35 bits per heavy atom. The molecule has 1 aromatic rings. The standard InChI is InChI=1S/C16H15ClN2O4/c17-11-4-2-1-3-10(11)14(20)18-19-15(21)12-8-5-6-9(7-8)13(12)16(22)23/h1-6,8-9,12-13H,7H2,(H,18,20)(H,19,21)(H,22,23)/t8-,9-,12+,13-/m0/s1. The van der Waals surface area contributed by atoms with Gasteiger partial charge in [0.1, 0.15) is 0 Å². The average Bonchev–Trinajstić information content (AvgIpc) is 3.13. The van der Waals surface area contributed by atoms with E-state index in [2.05, 4.69) is 10.9 Å². The second-order valence-electron chi connectivity index (χ2n) is 5.76. The molecule has 7 heteroatoms. The zero-order valence-corrected chi connectivity index (χ0v) is 12.8. The molecule has 1 saturated carbocycles. The van der Waals surface area contributed by atoms with Crippen molar-refractivity contribution in [1.82, 2.24) is 10.9 Å². The third kappa shape index (κ3) is 2.82. The van der Waals surface area contributed by atoms with Gasteiger partial charge in [-0.15, -0.1) is 0 Å². The van der Waals surface area contributed by atoms with Gasteiger partial charge in [-0.05, 0) is 30.4 Å². The van der Waals surface area contributed by atoms with Gasteiger partial charge in [-0.1, -0.05) is 35.9 Å². The lowest BCUT2D eigenvalue weighted by Gasteiger charge is -2.23. The molecular formula is C16H15ClN2O4. The summed E-state index contributed by atoms with van der Waals surface area (Å²) >= 11 is 5.92. The number of halogens is 1. The third-order valence-corrected chi connectivity index (χ3v) is 4.79. The van der Waals surface area contributed by atoms with E-state index in [1.807, 2.05) is 12.2 Å².